The van der Waals surface area contributed by atoms with Crippen molar-refractivity contribution < 1.29 is 5.11 Å². The average Bonchev–Trinajstić information content (AvgIpc) is 2.71. The van der Waals surface area contributed by atoms with Gasteiger partial charge in [0.05, 0.1) is 0 Å². The molecule has 2 heteroatoms. The summed E-state index contributed by atoms with van der Waals surface area (Å²) in [6.45, 7) is 0. The summed E-state index contributed by atoms with van der Waals surface area (Å²) in [6.07, 6.45) is 0. The molecule has 0 unspecified atom stereocenters. The van der Waals surface area contributed by atoms with Gasteiger partial charge in [-0.3, -0.25) is 0 Å². The van der Waals surface area contributed by atoms with Crippen LogP contribution in [0.3, 0.4) is 0 Å². The molecular formula is C24H19BrO. The molecule has 0 aliphatic heterocycles. The molecule has 0 amide bonds. The first-order valence-electron chi connectivity index (χ1n) is 8.38. The van der Waals surface area contributed by atoms with Gasteiger partial charge in [0.15, 0.2) is 0 Å². The van der Waals surface area contributed by atoms with Crippen LogP contribution in [-0.4, -0.2) is 5.11 Å². The van der Waals surface area contributed by atoms with E-state index in [1.54, 1.807) is 12.1 Å². The molecular weight excluding hydrogens is 384 g/mol. The standard InChI is InChI=1S/C12H9Br.C12H10O/c2*13-12-8-6-11(7-9-12)10-4-2-1-3-5-10/h1-9H;1-9,13H. The maximum atomic E-state index is 9.10. The summed E-state index contributed by atoms with van der Waals surface area (Å²) in [5.74, 6) is 0.305. The fourth-order valence-electron chi connectivity index (χ4n) is 2.56. The summed E-state index contributed by atoms with van der Waals surface area (Å²) in [6, 6.07) is 36.0. The Morgan fingerprint density at radius 3 is 1.19 bits per heavy atom. The zero-order valence-electron chi connectivity index (χ0n) is 14.2. The van der Waals surface area contributed by atoms with Gasteiger partial charge in [-0.05, 0) is 46.5 Å². The number of rotatable bonds is 2. The van der Waals surface area contributed by atoms with Crippen LogP contribution in [0, 0.1) is 0 Å². The first kappa shape index (κ1) is 18.0. The Morgan fingerprint density at radius 2 is 0.769 bits per heavy atom. The lowest BCUT2D eigenvalue weighted by Gasteiger charge is -2.00. The Morgan fingerprint density at radius 1 is 0.423 bits per heavy atom. The minimum absolute atomic E-state index is 0.305. The van der Waals surface area contributed by atoms with Gasteiger partial charge >= 0.3 is 0 Å². The third-order valence-electron chi connectivity index (χ3n) is 3.93. The summed E-state index contributed by atoms with van der Waals surface area (Å²) in [4.78, 5) is 0. The van der Waals surface area contributed by atoms with E-state index in [2.05, 4.69) is 64.5 Å². The largest absolute Gasteiger partial charge is 0.508 e. The highest BCUT2D eigenvalue weighted by Gasteiger charge is 1.95. The van der Waals surface area contributed by atoms with Gasteiger partial charge in [-0.1, -0.05) is 101 Å². The number of hydrogen-bond acceptors (Lipinski definition) is 1. The molecule has 1 nitrogen and oxygen atoms in total. The Hall–Kier alpha value is -2.84. The molecule has 0 spiro atoms. The van der Waals surface area contributed by atoms with Crippen LogP contribution in [0.5, 0.6) is 5.75 Å². The van der Waals surface area contributed by atoms with Crippen molar-refractivity contribution in [3.8, 4) is 28.0 Å². The zero-order valence-corrected chi connectivity index (χ0v) is 15.8. The quantitative estimate of drug-likeness (QED) is 0.376. The summed E-state index contributed by atoms with van der Waals surface area (Å²) in [5, 5.41) is 9.10. The Bertz CT molecular complexity index is 834. The summed E-state index contributed by atoms with van der Waals surface area (Å²) < 4.78 is 1.12. The second kappa shape index (κ2) is 9.02. The summed E-state index contributed by atoms with van der Waals surface area (Å²) in [7, 11) is 0. The van der Waals surface area contributed by atoms with Gasteiger partial charge in [-0.2, -0.15) is 0 Å². The van der Waals surface area contributed by atoms with E-state index in [-0.39, 0.29) is 0 Å². The lowest BCUT2D eigenvalue weighted by Crippen LogP contribution is -1.75. The van der Waals surface area contributed by atoms with Crippen LogP contribution >= 0.6 is 15.9 Å². The second-order valence-corrected chi connectivity index (χ2v) is 6.70. The third-order valence-corrected chi connectivity index (χ3v) is 4.45. The average molecular weight is 403 g/mol. The highest BCUT2D eigenvalue weighted by atomic mass is 79.9. The Labute approximate surface area is 162 Å². The Balaban J connectivity index is 0.000000151. The van der Waals surface area contributed by atoms with E-state index >= 15 is 0 Å². The van der Waals surface area contributed by atoms with E-state index in [0.717, 1.165) is 10.0 Å². The van der Waals surface area contributed by atoms with Gasteiger partial charge in [0.1, 0.15) is 5.75 Å². The second-order valence-electron chi connectivity index (χ2n) is 5.79. The van der Waals surface area contributed by atoms with E-state index in [4.69, 9.17) is 5.11 Å². The van der Waals surface area contributed by atoms with E-state index in [1.165, 1.54) is 16.7 Å². The van der Waals surface area contributed by atoms with Gasteiger partial charge in [0.25, 0.3) is 0 Å². The Kier molecular flexibility index (Phi) is 6.24. The van der Waals surface area contributed by atoms with E-state index in [9.17, 15) is 0 Å². The van der Waals surface area contributed by atoms with Crippen LogP contribution in [0.2, 0.25) is 0 Å². The van der Waals surface area contributed by atoms with Gasteiger partial charge in [0, 0.05) is 4.47 Å². The van der Waals surface area contributed by atoms with Crippen molar-refractivity contribution in [1.82, 2.24) is 0 Å². The van der Waals surface area contributed by atoms with Gasteiger partial charge in [-0.15, -0.1) is 0 Å². The predicted molar refractivity (Wildman–Crippen MR) is 113 cm³/mol. The number of phenolic OH excluding ortho intramolecular Hbond substituents is 1. The van der Waals surface area contributed by atoms with Crippen molar-refractivity contribution in [1.29, 1.82) is 0 Å². The number of benzene rings is 4. The molecule has 4 rings (SSSR count). The molecule has 1 N–H and O–H groups in total. The molecule has 0 bridgehead atoms. The number of phenols is 1. The van der Waals surface area contributed by atoms with Crippen molar-refractivity contribution in [3.63, 3.8) is 0 Å². The van der Waals surface area contributed by atoms with Crippen LogP contribution in [0.4, 0.5) is 0 Å². The molecule has 0 atom stereocenters. The normalized spacial score (nSPS) is 9.88. The van der Waals surface area contributed by atoms with Gasteiger partial charge in [0.2, 0.25) is 0 Å². The molecule has 0 saturated carbocycles. The maximum absolute atomic E-state index is 9.10. The van der Waals surface area contributed by atoms with Crippen molar-refractivity contribution in [3.05, 3.63) is 114 Å². The minimum atomic E-state index is 0.305. The SMILES string of the molecule is Brc1ccc(-c2ccccc2)cc1.Oc1ccc(-c2ccccc2)cc1. The van der Waals surface area contributed by atoms with E-state index in [1.807, 2.05) is 48.5 Å². The maximum Gasteiger partial charge on any atom is 0.115 e. The number of halogens is 1. The van der Waals surface area contributed by atoms with Crippen LogP contribution in [0.15, 0.2) is 114 Å². The van der Waals surface area contributed by atoms with E-state index < -0.39 is 0 Å². The fraction of sp³-hybridized carbons (Fsp3) is 0. The topological polar surface area (TPSA) is 20.2 Å². The van der Waals surface area contributed by atoms with Gasteiger partial charge < -0.3 is 5.11 Å². The molecule has 0 radical (unpaired) electrons. The molecule has 0 heterocycles. The predicted octanol–water partition coefficient (Wildman–Crippen LogP) is 7.18. The van der Waals surface area contributed by atoms with Crippen molar-refractivity contribution in [2.24, 2.45) is 0 Å². The smallest absolute Gasteiger partial charge is 0.115 e. The number of hydrogen-bond donors (Lipinski definition) is 1. The van der Waals surface area contributed by atoms with Crippen molar-refractivity contribution in [2.75, 3.05) is 0 Å². The first-order valence-corrected chi connectivity index (χ1v) is 9.17. The molecule has 0 saturated heterocycles. The fourth-order valence-corrected chi connectivity index (χ4v) is 2.82. The number of aromatic hydroxyl groups is 1. The van der Waals surface area contributed by atoms with Crippen LogP contribution in [-0.2, 0) is 0 Å². The van der Waals surface area contributed by atoms with Crippen LogP contribution < -0.4 is 0 Å². The zero-order chi connectivity index (χ0) is 18.2. The van der Waals surface area contributed by atoms with Crippen LogP contribution in [0.1, 0.15) is 0 Å². The van der Waals surface area contributed by atoms with E-state index in [0.29, 0.717) is 5.75 Å². The summed E-state index contributed by atoms with van der Waals surface area (Å²) in [5.41, 5.74) is 4.81. The lowest BCUT2D eigenvalue weighted by molar-refractivity contribution is 0.475. The highest BCUT2D eigenvalue weighted by molar-refractivity contribution is 9.10. The molecule has 128 valence electrons. The van der Waals surface area contributed by atoms with Gasteiger partial charge in [-0.25, -0.2) is 0 Å². The molecule has 4 aromatic carbocycles. The highest BCUT2D eigenvalue weighted by Crippen LogP contribution is 2.21. The molecule has 0 fully saturated rings. The molecule has 4 aromatic rings. The summed E-state index contributed by atoms with van der Waals surface area (Å²) >= 11 is 3.42. The molecule has 0 aromatic heterocycles. The third kappa shape index (κ3) is 5.08. The van der Waals surface area contributed by atoms with Crippen molar-refractivity contribution >= 4 is 15.9 Å². The van der Waals surface area contributed by atoms with Crippen LogP contribution in [0.25, 0.3) is 22.3 Å². The molecule has 26 heavy (non-hydrogen) atoms. The monoisotopic (exact) mass is 402 g/mol. The minimum Gasteiger partial charge on any atom is -0.508 e. The lowest BCUT2D eigenvalue weighted by atomic mass is 10.1. The van der Waals surface area contributed by atoms with Crippen molar-refractivity contribution in [2.45, 2.75) is 0 Å². The molecule has 0 aliphatic rings. The molecule has 0 aliphatic carbocycles. The first-order chi connectivity index (χ1) is 12.7.